The predicted molar refractivity (Wildman–Crippen MR) is 354 cm³/mol. The molecule has 9 nitrogen and oxygen atoms in total. The van der Waals surface area contributed by atoms with Gasteiger partial charge in [-0.3, -0.25) is 9.59 Å². The summed E-state index contributed by atoms with van der Waals surface area (Å²) in [4.78, 5) is 37.6. The van der Waals surface area contributed by atoms with E-state index in [-0.39, 0.29) is 38.6 Å². The number of rotatable bonds is 59. The number of ether oxygens (including phenoxy) is 4. The molecule has 0 amide bonds. The first-order valence-electron chi connectivity index (χ1n) is 33.0. The number of carboxylic acid groups (broad SMARTS) is 1. The van der Waals surface area contributed by atoms with Crippen LogP contribution in [0.3, 0.4) is 0 Å². The van der Waals surface area contributed by atoms with E-state index < -0.39 is 24.3 Å². The number of carbonyl (C=O) groups is 3. The van der Waals surface area contributed by atoms with Gasteiger partial charge in [-0.15, -0.1) is 0 Å². The molecule has 0 fully saturated rings. The van der Waals surface area contributed by atoms with Crippen molar-refractivity contribution in [3.63, 3.8) is 0 Å². The zero-order valence-corrected chi connectivity index (χ0v) is 53.5. The van der Waals surface area contributed by atoms with Gasteiger partial charge in [-0.1, -0.05) is 262 Å². The number of carboxylic acids is 1. The van der Waals surface area contributed by atoms with Gasteiger partial charge in [-0.2, -0.15) is 0 Å². The number of likely N-dealkylation sites (N-methyl/N-ethyl adjacent to an activating group) is 1. The molecular weight excluding hydrogens is 1030 g/mol. The molecule has 0 saturated carbocycles. The third-order valence-electron chi connectivity index (χ3n) is 13.6. The van der Waals surface area contributed by atoms with Crippen LogP contribution >= 0.6 is 0 Å². The topological polar surface area (TPSA) is 108 Å². The standard InChI is InChI=1S/C74H121NO8/c1-6-8-10-12-14-16-18-20-22-24-26-28-30-32-34-35-36-37-39-41-43-45-47-49-51-53-55-57-59-61-63-65-72(77)83-70(69-82-74(73(78)79)80-67-66-75(3,4)5)68-81-71(76)64-62-60-58-56-54-52-50-48-46-44-42-40-38-33-31-29-27-25-23-21-19-17-15-13-11-9-7-2/h8-11,14-17,20-23,26-29,32-34,36-38,41,43,70,74H,6-7,12-13,18-19,24-25,30-31,35,39-40,42,44-69H2,1-5H3/p+1/b10-8-,11-9-,16-14-,17-15-,22-20-,23-21-,28-26-,29-27-,34-32-,37-36-,38-33-,43-41-. The third-order valence-corrected chi connectivity index (χ3v) is 13.6. The van der Waals surface area contributed by atoms with Crippen molar-refractivity contribution in [2.45, 2.75) is 257 Å². The fourth-order valence-electron chi connectivity index (χ4n) is 8.61. The molecule has 0 heterocycles. The van der Waals surface area contributed by atoms with Gasteiger partial charge in [0.25, 0.3) is 6.29 Å². The van der Waals surface area contributed by atoms with Crippen LogP contribution in [0.25, 0.3) is 0 Å². The molecule has 0 aliphatic heterocycles. The number of hydrogen-bond donors (Lipinski definition) is 1. The molecule has 1 N–H and O–H groups in total. The van der Waals surface area contributed by atoms with Crippen molar-refractivity contribution in [2.75, 3.05) is 47.5 Å². The molecule has 0 aromatic carbocycles. The molecule has 0 radical (unpaired) electrons. The van der Waals surface area contributed by atoms with Crippen LogP contribution in [0, 0.1) is 0 Å². The van der Waals surface area contributed by atoms with Crippen molar-refractivity contribution in [1.29, 1.82) is 0 Å². The first kappa shape index (κ1) is 78.2. The van der Waals surface area contributed by atoms with Gasteiger partial charge in [0.05, 0.1) is 34.4 Å². The van der Waals surface area contributed by atoms with Crippen LogP contribution < -0.4 is 0 Å². The minimum Gasteiger partial charge on any atom is -0.477 e. The van der Waals surface area contributed by atoms with Gasteiger partial charge in [-0.05, 0) is 116 Å². The van der Waals surface area contributed by atoms with Gasteiger partial charge in [0.1, 0.15) is 13.2 Å². The van der Waals surface area contributed by atoms with Crippen molar-refractivity contribution in [1.82, 2.24) is 0 Å². The Morgan fingerprint density at radius 2 is 0.651 bits per heavy atom. The van der Waals surface area contributed by atoms with Crippen molar-refractivity contribution < 1.29 is 42.9 Å². The Kier molecular flexibility index (Phi) is 59.5. The van der Waals surface area contributed by atoms with E-state index in [2.05, 4.69) is 160 Å². The maximum Gasteiger partial charge on any atom is 0.361 e. The minimum absolute atomic E-state index is 0.178. The molecule has 0 aliphatic carbocycles. The summed E-state index contributed by atoms with van der Waals surface area (Å²) in [5.41, 5.74) is 0. The van der Waals surface area contributed by atoms with E-state index in [4.69, 9.17) is 18.9 Å². The lowest BCUT2D eigenvalue weighted by Crippen LogP contribution is -2.40. The lowest BCUT2D eigenvalue weighted by atomic mass is 10.0. The fraction of sp³-hybridized carbons (Fsp3) is 0.635. The zero-order chi connectivity index (χ0) is 60.5. The highest BCUT2D eigenvalue weighted by molar-refractivity contribution is 5.71. The SMILES string of the molecule is CC/C=C\C/C=C\C/C=C\C/C=C\C/C=C\C/C=C\C/C=C\CCCCCCCCCCCC(=O)OC(COC(=O)CCCCCCCCCCCCC/C=C\C/C=C\C/C=C\C/C=C\C/C=C\CC)COC(OCC[N+](C)(C)C)C(=O)O. The smallest absolute Gasteiger partial charge is 0.361 e. The van der Waals surface area contributed by atoms with Crippen LogP contribution in [0.4, 0.5) is 0 Å². The van der Waals surface area contributed by atoms with Gasteiger partial charge in [-0.25, -0.2) is 4.79 Å². The Balaban J connectivity index is 4.23. The molecule has 0 rings (SSSR count). The highest BCUT2D eigenvalue weighted by Crippen LogP contribution is 2.16. The normalized spacial score (nSPS) is 13.7. The lowest BCUT2D eigenvalue weighted by molar-refractivity contribution is -0.870. The van der Waals surface area contributed by atoms with E-state index >= 15 is 0 Å². The van der Waals surface area contributed by atoms with Gasteiger partial charge >= 0.3 is 17.9 Å². The Bertz CT molecular complexity index is 1870. The molecule has 0 aromatic heterocycles. The van der Waals surface area contributed by atoms with Crippen LogP contribution in [-0.2, 0) is 33.3 Å². The van der Waals surface area contributed by atoms with E-state index in [1.165, 1.54) is 89.9 Å². The summed E-state index contributed by atoms with van der Waals surface area (Å²) in [7, 11) is 5.96. The van der Waals surface area contributed by atoms with Crippen LogP contribution in [0.5, 0.6) is 0 Å². The summed E-state index contributed by atoms with van der Waals surface area (Å²) < 4.78 is 22.9. The molecule has 470 valence electrons. The fourth-order valence-corrected chi connectivity index (χ4v) is 8.61. The van der Waals surface area contributed by atoms with Crippen molar-refractivity contribution in [2.24, 2.45) is 0 Å². The number of hydrogen-bond acceptors (Lipinski definition) is 7. The van der Waals surface area contributed by atoms with E-state index in [1.54, 1.807) is 0 Å². The number of nitrogens with zero attached hydrogens (tertiary/aromatic N) is 1. The first-order chi connectivity index (χ1) is 40.6. The quantitative estimate of drug-likeness (QED) is 0.0211. The number of quaternary nitrogens is 1. The second-order valence-corrected chi connectivity index (χ2v) is 22.7. The molecule has 0 spiro atoms. The van der Waals surface area contributed by atoms with E-state index in [9.17, 15) is 19.5 Å². The predicted octanol–water partition coefficient (Wildman–Crippen LogP) is 20.3. The molecule has 0 aliphatic rings. The summed E-state index contributed by atoms with van der Waals surface area (Å²) >= 11 is 0. The summed E-state index contributed by atoms with van der Waals surface area (Å²) in [5.74, 6) is -2.03. The van der Waals surface area contributed by atoms with E-state index in [0.29, 0.717) is 17.4 Å². The second kappa shape index (κ2) is 63.2. The third kappa shape index (κ3) is 64.6. The second-order valence-electron chi connectivity index (χ2n) is 22.7. The number of unbranched alkanes of at least 4 members (excludes halogenated alkanes) is 20. The van der Waals surface area contributed by atoms with Crippen molar-refractivity contribution >= 4 is 17.9 Å². The largest absolute Gasteiger partial charge is 0.477 e. The van der Waals surface area contributed by atoms with E-state index in [1.807, 2.05) is 21.1 Å². The summed E-state index contributed by atoms with van der Waals surface area (Å²) in [5, 5.41) is 9.74. The Hall–Kier alpha value is -4.83. The number of aliphatic carboxylic acids is 1. The lowest BCUT2D eigenvalue weighted by Gasteiger charge is -2.25. The monoisotopic (exact) mass is 1150 g/mol. The van der Waals surface area contributed by atoms with Crippen LogP contribution in [0.2, 0.25) is 0 Å². The van der Waals surface area contributed by atoms with Gasteiger partial charge in [0.15, 0.2) is 6.10 Å². The molecule has 9 heteroatoms. The van der Waals surface area contributed by atoms with Gasteiger partial charge in [0, 0.05) is 12.8 Å². The number of esters is 2. The molecular formula is C74H122NO8+. The van der Waals surface area contributed by atoms with Gasteiger partial charge in [0.2, 0.25) is 0 Å². The van der Waals surface area contributed by atoms with Crippen LogP contribution in [0.1, 0.15) is 245 Å². The Morgan fingerprint density at radius 1 is 0.361 bits per heavy atom. The number of carbonyl (C=O) groups excluding carboxylic acids is 2. The molecule has 0 saturated heterocycles. The van der Waals surface area contributed by atoms with Crippen molar-refractivity contribution in [3.8, 4) is 0 Å². The summed E-state index contributed by atoms with van der Waals surface area (Å²) in [6, 6.07) is 0. The number of allylic oxidation sites excluding steroid dienone is 24. The molecule has 2 unspecified atom stereocenters. The Morgan fingerprint density at radius 3 is 0.964 bits per heavy atom. The zero-order valence-electron chi connectivity index (χ0n) is 53.5. The molecule has 0 bridgehead atoms. The average Bonchev–Trinajstić information content (AvgIpc) is 3.46. The van der Waals surface area contributed by atoms with Crippen molar-refractivity contribution in [3.05, 3.63) is 146 Å². The van der Waals surface area contributed by atoms with Crippen LogP contribution in [0.15, 0.2) is 146 Å². The molecule has 83 heavy (non-hydrogen) atoms. The Labute approximate surface area is 509 Å². The van der Waals surface area contributed by atoms with E-state index in [0.717, 1.165) is 122 Å². The highest BCUT2D eigenvalue weighted by Gasteiger charge is 2.25. The van der Waals surface area contributed by atoms with Crippen LogP contribution in [-0.4, -0.2) is 87.4 Å². The first-order valence-corrected chi connectivity index (χ1v) is 33.0. The minimum atomic E-state index is -1.52. The molecule has 2 atom stereocenters. The molecule has 0 aromatic rings. The highest BCUT2D eigenvalue weighted by atomic mass is 16.7. The summed E-state index contributed by atoms with van der Waals surface area (Å²) in [6.45, 7) is 4.63. The van der Waals surface area contributed by atoms with Gasteiger partial charge < -0.3 is 28.5 Å². The summed E-state index contributed by atoms with van der Waals surface area (Å²) in [6.07, 6.45) is 89.3. The maximum atomic E-state index is 12.9. The maximum absolute atomic E-state index is 12.9. The average molecular weight is 1150 g/mol.